The van der Waals surface area contributed by atoms with Gasteiger partial charge in [-0.25, -0.2) is 19.4 Å². The van der Waals surface area contributed by atoms with Crippen LogP contribution in [0.25, 0.3) is 0 Å². The molecule has 3 N–H and O–H groups in total. The number of oxime groups is 1. The second-order valence-corrected chi connectivity index (χ2v) is 27.9. The lowest BCUT2D eigenvalue weighted by Crippen LogP contribution is -2.65. The van der Waals surface area contributed by atoms with Crippen molar-refractivity contribution in [1.29, 1.82) is 0 Å². The van der Waals surface area contributed by atoms with E-state index in [0.717, 1.165) is 35.3 Å². The average molecular weight is 1360 g/mol. The molecule has 21 nitrogen and oxygen atoms in total. The summed E-state index contributed by atoms with van der Waals surface area (Å²) >= 11 is 8.20. The number of carbonyl (C=O) groups excluding carboxylic acids is 5. The van der Waals surface area contributed by atoms with Crippen LogP contribution in [0.15, 0.2) is 150 Å². The third-order valence-electron chi connectivity index (χ3n) is 17.4. The smallest absolute Gasteiger partial charge is 0.482 e. The van der Waals surface area contributed by atoms with Crippen molar-refractivity contribution in [3.05, 3.63) is 195 Å². The minimum atomic E-state index is -1.68. The minimum Gasteiger partial charge on any atom is -0.497 e. The number of para-hydroxylation sites is 1. The van der Waals surface area contributed by atoms with E-state index in [4.69, 9.17) is 63.6 Å². The number of nitrogens with one attached hydrogen (secondary N) is 3. The number of halogens is 1. The number of anilines is 1. The van der Waals surface area contributed by atoms with E-state index in [1.165, 1.54) is 24.6 Å². The summed E-state index contributed by atoms with van der Waals surface area (Å²) in [5.41, 5.74) is 0.345. The molecule has 4 fully saturated rings. The van der Waals surface area contributed by atoms with Crippen molar-refractivity contribution in [2.24, 2.45) is 22.4 Å². The van der Waals surface area contributed by atoms with E-state index in [1.807, 2.05) is 36.4 Å². The van der Waals surface area contributed by atoms with E-state index in [-0.39, 0.29) is 81.3 Å². The van der Waals surface area contributed by atoms with Crippen molar-refractivity contribution in [2.75, 3.05) is 33.3 Å². The summed E-state index contributed by atoms with van der Waals surface area (Å²) in [4.78, 5) is 83.3. The van der Waals surface area contributed by atoms with Gasteiger partial charge in [-0.1, -0.05) is 128 Å². The number of carbonyl (C=O) groups is 5. The van der Waals surface area contributed by atoms with Gasteiger partial charge in [0.1, 0.15) is 59.5 Å². The summed E-state index contributed by atoms with van der Waals surface area (Å²) < 4.78 is 60.9. The number of hydrogen-bond donors (Lipinski definition) is 3. The minimum absolute atomic E-state index is 0.00163. The van der Waals surface area contributed by atoms with Crippen LogP contribution < -0.4 is 39.6 Å². The van der Waals surface area contributed by atoms with Crippen molar-refractivity contribution >= 4 is 70.7 Å². The van der Waals surface area contributed by atoms with E-state index >= 15 is 14.4 Å². The Kier molecular flexibility index (Phi) is 21.9. The van der Waals surface area contributed by atoms with Gasteiger partial charge in [0, 0.05) is 5.38 Å². The number of amides is 3. The van der Waals surface area contributed by atoms with Gasteiger partial charge >= 0.3 is 25.2 Å². The maximum atomic E-state index is 15.5. The first-order valence-electron chi connectivity index (χ1n) is 31.9. The third-order valence-corrected chi connectivity index (χ3v) is 18.5. The fourth-order valence-corrected chi connectivity index (χ4v) is 13.3. The lowest BCUT2D eigenvalue weighted by molar-refractivity contribution is -0.199. The number of ether oxygens (including phenoxy) is 8. The molecular formula is C73H81BClN5O16S. The van der Waals surface area contributed by atoms with Crippen LogP contribution in [0.1, 0.15) is 135 Å². The van der Waals surface area contributed by atoms with E-state index in [2.05, 4.69) is 46.9 Å². The molecule has 1 aromatic heterocycles. The lowest BCUT2D eigenvalue weighted by atomic mass is 9.43. The van der Waals surface area contributed by atoms with Crippen molar-refractivity contribution in [2.45, 2.75) is 136 Å². The number of rotatable bonds is 26. The fraction of sp³-hybridized carbons (Fsp3) is 0.384. The Bertz CT molecular complexity index is 3940. The summed E-state index contributed by atoms with van der Waals surface area (Å²) in [7, 11) is 3.52. The number of hydrogen-bond acceptors (Lipinski definition) is 19. The number of nitrogens with zero attached hydrogens (tertiary/aromatic N) is 2. The molecule has 3 amide bonds. The molecule has 3 saturated carbocycles. The van der Waals surface area contributed by atoms with Crippen LogP contribution >= 0.6 is 22.9 Å². The fourth-order valence-electron chi connectivity index (χ4n) is 12.4. The van der Waals surface area contributed by atoms with Gasteiger partial charge in [-0.15, -0.1) is 11.3 Å². The second-order valence-electron chi connectivity index (χ2n) is 26.7. The molecule has 2 heterocycles. The van der Waals surface area contributed by atoms with Gasteiger partial charge in [-0.05, 0) is 155 Å². The summed E-state index contributed by atoms with van der Waals surface area (Å²) in [6.45, 7) is 16.3. The maximum absolute atomic E-state index is 15.5. The Hall–Kier alpha value is -9.16. The number of esters is 2. The zero-order valence-electron chi connectivity index (χ0n) is 56.4. The number of aromatic nitrogens is 1. The predicted octanol–water partition coefficient (Wildman–Crippen LogP) is 13.1. The van der Waals surface area contributed by atoms with Gasteiger partial charge in [0.15, 0.2) is 34.5 Å². The predicted molar refractivity (Wildman–Crippen MR) is 367 cm³/mol. The van der Waals surface area contributed by atoms with Gasteiger partial charge in [-0.3, -0.25) is 14.9 Å². The van der Waals surface area contributed by atoms with Crippen molar-refractivity contribution in [3.63, 3.8) is 0 Å². The maximum Gasteiger partial charge on any atom is 0.482 e. The average Bonchev–Trinajstić information content (AvgIpc) is 1.65. The van der Waals surface area contributed by atoms with Crippen LogP contribution in [0.5, 0.6) is 28.7 Å². The van der Waals surface area contributed by atoms with Gasteiger partial charge in [0.2, 0.25) is 0 Å². The molecule has 1 saturated heterocycles. The molecule has 11 rings (SSSR count). The molecule has 6 aromatic carbocycles. The number of benzene rings is 6. The molecule has 1 aliphatic heterocycles. The van der Waals surface area contributed by atoms with E-state index in [1.54, 1.807) is 147 Å². The largest absolute Gasteiger partial charge is 0.497 e. The number of thiazole rings is 1. The molecule has 510 valence electrons. The van der Waals surface area contributed by atoms with Crippen molar-refractivity contribution in [1.82, 2.24) is 15.6 Å². The molecular weight excluding hydrogens is 1280 g/mol. The van der Waals surface area contributed by atoms with Gasteiger partial charge in [-0.2, -0.15) is 0 Å². The van der Waals surface area contributed by atoms with Crippen LogP contribution in [0.3, 0.4) is 0 Å². The van der Waals surface area contributed by atoms with Crippen LogP contribution in [0.4, 0.5) is 9.93 Å². The van der Waals surface area contributed by atoms with Crippen molar-refractivity contribution in [3.8, 4) is 28.7 Å². The quantitative estimate of drug-likeness (QED) is 0.0150. The van der Waals surface area contributed by atoms with E-state index < -0.39 is 84.2 Å². The van der Waals surface area contributed by atoms with Crippen LogP contribution in [-0.2, 0) is 57.6 Å². The molecule has 0 unspecified atom stereocenters. The highest BCUT2D eigenvalue weighted by atomic mass is 35.5. The standard InChI is InChI=1S/C73H81BClN5O16S/c1-70(2,3)93-66(83)52-25-19-24-47(62(52)88-12)36-58(74-95-57-38-48-37-56(72(48,7)8)73(57,9)96-74)78-65(82)60(54-42-97-68(77-54)79-69(85)94-71(4,5)6)80-91-41-53(67(84)92-61(45-20-15-13-16-21-45)46-22-17-14-18-23-46)76-64(81)51-34-35-55(89-39-43-26-30-49(86-10)31-27-43)63(59(51)75)90-40-44-28-32-50(87-11)33-29-44/h13-35,42,48,53,56-58,61H,36-41H2,1-12H3,(H,76,81)(H,78,82)(H,77,79,85)/b80-60-/t48-,53-,56-,57+,58-,73-/m0/s1. The Morgan fingerprint density at radius 3 is 1.92 bits per heavy atom. The summed E-state index contributed by atoms with van der Waals surface area (Å²) in [6.07, 6.45) is -0.446. The zero-order chi connectivity index (χ0) is 69.4. The zero-order valence-corrected chi connectivity index (χ0v) is 57.9. The van der Waals surface area contributed by atoms with E-state index in [0.29, 0.717) is 34.1 Å². The van der Waals surface area contributed by atoms with Crippen LogP contribution in [0, 0.1) is 17.3 Å². The highest BCUT2D eigenvalue weighted by molar-refractivity contribution is 7.14. The van der Waals surface area contributed by atoms with Crippen molar-refractivity contribution < 1.29 is 76.0 Å². The molecule has 24 heteroatoms. The monoisotopic (exact) mass is 1360 g/mol. The third kappa shape index (κ3) is 17.0. The summed E-state index contributed by atoms with van der Waals surface area (Å²) in [5, 5.41) is 14.3. The van der Waals surface area contributed by atoms with E-state index in [9.17, 15) is 9.59 Å². The molecule has 6 atom stereocenters. The number of methoxy groups -OCH3 is 3. The molecule has 4 aliphatic rings. The molecule has 3 aliphatic carbocycles. The lowest BCUT2D eigenvalue weighted by Gasteiger charge is -2.64. The van der Waals surface area contributed by atoms with Crippen LogP contribution in [-0.4, -0.2) is 110 Å². The SMILES string of the molecule is COc1ccc(COc2ccc(C(=O)N[C@@H](CO/N=C(\C(=O)N[C@@H](Cc3cccc(C(=O)OC(C)(C)C)c3OC)B3O[C@@H]4C[C@@H]5C[C@@H](C5(C)C)[C@]4(C)O3)c3csc(NC(=O)OC(C)(C)C)n3)C(=O)OC(c3ccccc3)c3ccccc3)c(Cl)c2OCc2ccc(OC)cc2)cc1. The highest BCUT2D eigenvalue weighted by Crippen LogP contribution is 2.66. The Labute approximate surface area is 574 Å². The second kappa shape index (κ2) is 30.1. The molecule has 7 aromatic rings. The molecule has 97 heavy (non-hydrogen) atoms. The molecule has 0 spiro atoms. The first kappa shape index (κ1) is 70.6. The van der Waals surface area contributed by atoms with Gasteiger partial charge in [0.05, 0.1) is 49.6 Å². The van der Waals surface area contributed by atoms with Gasteiger partial charge in [0.25, 0.3) is 11.8 Å². The summed E-state index contributed by atoms with van der Waals surface area (Å²) in [5.74, 6) is -2.05. The normalized spacial score (nSPS) is 18.4. The summed E-state index contributed by atoms with van der Waals surface area (Å²) in [6, 6.07) is 38.9. The van der Waals surface area contributed by atoms with Crippen LogP contribution in [0.2, 0.25) is 5.02 Å². The topological polar surface area (TPSA) is 248 Å². The van der Waals surface area contributed by atoms with Gasteiger partial charge < -0.3 is 62.7 Å². The highest BCUT2D eigenvalue weighted by Gasteiger charge is 2.68. The first-order chi connectivity index (χ1) is 46.2. The molecule has 0 radical (unpaired) electrons. The molecule has 2 bridgehead atoms. The Morgan fingerprint density at radius 1 is 0.711 bits per heavy atom. The Morgan fingerprint density at radius 2 is 1.33 bits per heavy atom. The Balaban J connectivity index is 1.01. The first-order valence-corrected chi connectivity index (χ1v) is 33.1.